The van der Waals surface area contributed by atoms with Crippen molar-refractivity contribution in [1.82, 2.24) is 4.98 Å². The smallest absolute Gasteiger partial charge is 0.250 e. The number of aromatic amines is 1. The molecule has 1 amide bonds. The van der Waals surface area contributed by atoms with E-state index < -0.39 is 0 Å². The fraction of sp³-hybridized carbons (Fsp3) is 0.143. The Labute approximate surface area is 57.8 Å². The number of nitrogens with one attached hydrogen (secondary N) is 1. The minimum absolute atomic E-state index is 0.0629. The van der Waals surface area contributed by atoms with Crippen LogP contribution in [0.15, 0.2) is 17.3 Å². The molecule has 0 saturated carbocycles. The predicted octanol–water partition coefficient (Wildman–Crippen LogP) is 0.516. The van der Waals surface area contributed by atoms with Crippen LogP contribution in [0.4, 0.5) is 0 Å². The molecule has 0 atom stereocenters. The molecule has 3 nitrogen and oxygen atoms in total. The van der Waals surface area contributed by atoms with E-state index in [0.29, 0.717) is 6.42 Å². The van der Waals surface area contributed by atoms with Gasteiger partial charge in [0.1, 0.15) is 0 Å². The van der Waals surface area contributed by atoms with E-state index in [1.54, 1.807) is 6.21 Å². The molecule has 10 heavy (non-hydrogen) atoms. The summed E-state index contributed by atoms with van der Waals surface area (Å²) in [5.74, 6) is -0.0629. The molecule has 50 valence electrons. The Balaban J connectivity index is 2.52. The van der Waals surface area contributed by atoms with Crippen LogP contribution in [-0.4, -0.2) is 17.1 Å². The highest BCUT2D eigenvalue weighted by molar-refractivity contribution is 5.97. The number of aromatic nitrogens is 1. The largest absolute Gasteiger partial charge is 0.360 e. The summed E-state index contributed by atoms with van der Waals surface area (Å²) in [4.78, 5) is 17.3. The molecular formula is C7H6N2O. The van der Waals surface area contributed by atoms with Gasteiger partial charge in [-0.15, -0.1) is 0 Å². The van der Waals surface area contributed by atoms with Gasteiger partial charge in [0.2, 0.25) is 5.91 Å². The van der Waals surface area contributed by atoms with E-state index in [-0.39, 0.29) is 5.91 Å². The Morgan fingerprint density at radius 3 is 3.40 bits per heavy atom. The Morgan fingerprint density at radius 2 is 2.50 bits per heavy atom. The molecule has 0 fully saturated rings. The number of carbonyl (C=O) groups excluding carboxylic acids is 1. The van der Waals surface area contributed by atoms with E-state index in [2.05, 4.69) is 9.98 Å². The molecule has 0 radical (unpaired) electrons. The van der Waals surface area contributed by atoms with E-state index in [0.717, 1.165) is 11.3 Å². The van der Waals surface area contributed by atoms with E-state index in [9.17, 15) is 4.79 Å². The lowest BCUT2D eigenvalue weighted by Crippen LogP contribution is -2.06. The van der Waals surface area contributed by atoms with Crippen LogP contribution in [0.1, 0.15) is 11.3 Å². The molecule has 1 aliphatic heterocycles. The third kappa shape index (κ3) is 0.673. The van der Waals surface area contributed by atoms with Crippen LogP contribution in [0.2, 0.25) is 0 Å². The van der Waals surface area contributed by atoms with Crippen LogP contribution < -0.4 is 0 Å². The van der Waals surface area contributed by atoms with Gasteiger partial charge in [0.25, 0.3) is 0 Å². The summed E-state index contributed by atoms with van der Waals surface area (Å²) in [7, 11) is 0. The summed E-state index contributed by atoms with van der Waals surface area (Å²) >= 11 is 0. The van der Waals surface area contributed by atoms with Crippen LogP contribution in [0.25, 0.3) is 0 Å². The number of hydrogen-bond acceptors (Lipinski definition) is 1. The first-order valence-electron chi connectivity index (χ1n) is 3.09. The van der Waals surface area contributed by atoms with Crippen LogP contribution in [-0.2, 0) is 11.2 Å². The van der Waals surface area contributed by atoms with Gasteiger partial charge < -0.3 is 4.98 Å². The highest BCUT2D eigenvalue weighted by Crippen LogP contribution is 2.09. The van der Waals surface area contributed by atoms with Crippen LogP contribution in [0.3, 0.4) is 0 Å². The lowest BCUT2D eigenvalue weighted by atomic mass is 10.1. The maximum absolute atomic E-state index is 10.7. The Morgan fingerprint density at radius 1 is 1.60 bits per heavy atom. The first kappa shape index (κ1) is 5.41. The van der Waals surface area contributed by atoms with Crippen molar-refractivity contribution in [1.29, 1.82) is 0 Å². The summed E-state index contributed by atoms with van der Waals surface area (Å²) in [5, 5.41) is 0. The van der Waals surface area contributed by atoms with Crippen LogP contribution >= 0.6 is 0 Å². The second-order valence-corrected chi connectivity index (χ2v) is 2.25. The SMILES string of the molecule is O=C1Cc2cc[nH]c2C=N1. The number of rotatable bonds is 0. The third-order valence-corrected chi connectivity index (χ3v) is 1.55. The number of amides is 1. The van der Waals surface area contributed by atoms with Gasteiger partial charge in [-0.1, -0.05) is 0 Å². The number of nitrogens with zero attached hydrogens (tertiary/aromatic N) is 1. The molecule has 1 aromatic rings. The number of H-pyrrole nitrogens is 1. The Kier molecular flexibility index (Phi) is 0.974. The van der Waals surface area contributed by atoms with Crippen molar-refractivity contribution < 1.29 is 4.79 Å². The Bertz CT molecular complexity index is 298. The lowest BCUT2D eigenvalue weighted by Gasteiger charge is -2.00. The summed E-state index contributed by atoms with van der Waals surface area (Å²) in [5.41, 5.74) is 2.00. The van der Waals surface area contributed by atoms with Gasteiger partial charge >= 0.3 is 0 Å². The highest BCUT2D eigenvalue weighted by Gasteiger charge is 2.10. The van der Waals surface area contributed by atoms with Crippen LogP contribution in [0, 0.1) is 0 Å². The standard InChI is InChI=1S/C7H6N2O/c10-7-3-5-1-2-8-6(5)4-9-7/h1-2,4,8H,3H2. The molecule has 0 aliphatic carbocycles. The molecule has 1 N–H and O–H groups in total. The zero-order valence-electron chi connectivity index (χ0n) is 5.29. The molecule has 2 rings (SSSR count). The van der Waals surface area contributed by atoms with Gasteiger partial charge in [0.15, 0.2) is 0 Å². The number of hydrogen-bond donors (Lipinski definition) is 1. The first-order chi connectivity index (χ1) is 4.86. The predicted molar refractivity (Wildman–Crippen MR) is 37.1 cm³/mol. The molecule has 3 heteroatoms. The summed E-state index contributed by atoms with van der Waals surface area (Å²) < 4.78 is 0. The maximum Gasteiger partial charge on any atom is 0.250 e. The molecule has 0 aromatic carbocycles. The molecule has 2 heterocycles. The molecule has 1 aliphatic rings. The van der Waals surface area contributed by atoms with Gasteiger partial charge in [-0.05, 0) is 11.6 Å². The quantitative estimate of drug-likeness (QED) is 0.552. The van der Waals surface area contributed by atoms with Crippen molar-refractivity contribution in [3.8, 4) is 0 Å². The van der Waals surface area contributed by atoms with Crippen LogP contribution in [0.5, 0.6) is 0 Å². The fourth-order valence-electron chi connectivity index (χ4n) is 1.03. The fourth-order valence-corrected chi connectivity index (χ4v) is 1.03. The minimum Gasteiger partial charge on any atom is -0.360 e. The molecule has 0 unspecified atom stereocenters. The highest BCUT2D eigenvalue weighted by atomic mass is 16.1. The average Bonchev–Trinajstić information content (AvgIpc) is 2.33. The van der Waals surface area contributed by atoms with Crippen molar-refractivity contribution in [2.45, 2.75) is 6.42 Å². The zero-order valence-corrected chi connectivity index (χ0v) is 5.29. The van der Waals surface area contributed by atoms with Crippen molar-refractivity contribution in [3.05, 3.63) is 23.5 Å². The maximum atomic E-state index is 10.7. The first-order valence-corrected chi connectivity index (χ1v) is 3.09. The monoisotopic (exact) mass is 134 g/mol. The third-order valence-electron chi connectivity index (χ3n) is 1.55. The van der Waals surface area contributed by atoms with E-state index in [4.69, 9.17) is 0 Å². The van der Waals surface area contributed by atoms with Crippen molar-refractivity contribution in [2.75, 3.05) is 0 Å². The lowest BCUT2D eigenvalue weighted by molar-refractivity contribution is -0.117. The van der Waals surface area contributed by atoms with Gasteiger partial charge in [-0.3, -0.25) is 4.79 Å². The zero-order chi connectivity index (χ0) is 6.97. The summed E-state index contributed by atoms with van der Waals surface area (Å²) in [6.45, 7) is 0. The molecule has 1 aromatic heterocycles. The number of carbonyl (C=O) groups is 1. The Hall–Kier alpha value is -1.38. The topological polar surface area (TPSA) is 45.2 Å². The summed E-state index contributed by atoms with van der Waals surface area (Å²) in [6.07, 6.45) is 3.83. The second-order valence-electron chi connectivity index (χ2n) is 2.25. The normalized spacial score (nSPS) is 15.4. The second kappa shape index (κ2) is 1.80. The van der Waals surface area contributed by atoms with Gasteiger partial charge in [0, 0.05) is 6.20 Å². The van der Waals surface area contributed by atoms with Crippen molar-refractivity contribution >= 4 is 12.1 Å². The van der Waals surface area contributed by atoms with Gasteiger partial charge in [0.05, 0.1) is 18.3 Å². The number of aliphatic imine (C=N–C) groups is 1. The molecular weight excluding hydrogens is 128 g/mol. The van der Waals surface area contributed by atoms with E-state index >= 15 is 0 Å². The molecule has 0 bridgehead atoms. The van der Waals surface area contributed by atoms with Gasteiger partial charge in [-0.2, -0.15) is 0 Å². The summed E-state index contributed by atoms with van der Waals surface area (Å²) in [6, 6.07) is 1.90. The van der Waals surface area contributed by atoms with Gasteiger partial charge in [-0.25, -0.2) is 4.99 Å². The minimum atomic E-state index is -0.0629. The molecule has 0 saturated heterocycles. The van der Waals surface area contributed by atoms with E-state index in [1.165, 1.54) is 0 Å². The van der Waals surface area contributed by atoms with Crippen molar-refractivity contribution in [3.63, 3.8) is 0 Å². The average molecular weight is 134 g/mol. The van der Waals surface area contributed by atoms with E-state index in [1.807, 2.05) is 12.3 Å². The number of fused-ring (bicyclic) bond motifs is 1. The molecule has 0 spiro atoms. The van der Waals surface area contributed by atoms with Crippen molar-refractivity contribution in [2.24, 2.45) is 4.99 Å².